The Labute approximate surface area is 120 Å². The molecule has 106 valence electrons. The zero-order chi connectivity index (χ0) is 14.0. The van der Waals surface area contributed by atoms with Crippen LogP contribution in [0.25, 0.3) is 11.1 Å². The second-order valence-electron chi connectivity index (χ2n) is 3.63. The van der Waals surface area contributed by atoms with Gasteiger partial charge in [-0.3, -0.25) is 0 Å². The summed E-state index contributed by atoms with van der Waals surface area (Å²) in [7, 11) is 0. The Bertz CT molecular complexity index is 407. The molecule has 0 saturated heterocycles. The fourth-order valence-corrected chi connectivity index (χ4v) is 1.87. The van der Waals surface area contributed by atoms with Gasteiger partial charge in [-0.2, -0.15) is 0 Å². The van der Waals surface area contributed by atoms with E-state index in [4.69, 9.17) is 0 Å². The third-order valence-electron chi connectivity index (χ3n) is 2.54. The van der Waals surface area contributed by atoms with Gasteiger partial charge in [-0.25, -0.2) is 0 Å². The summed E-state index contributed by atoms with van der Waals surface area (Å²) in [4.78, 5) is 0. The normalized spacial score (nSPS) is 8.11. The summed E-state index contributed by atoms with van der Waals surface area (Å²) in [6.07, 6.45) is 0. The van der Waals surface area contributed by atoms with Crippen molar-refractivity contribution in [2.45, 2.75) is 49.0 Å². The van der Waals surface area contributed by atoms with Gasteiger partial charge in [-0.1, -0.05) is 83.7 Å². The quantitative estimate of drug-likeness (QED) is 0.536. The van der Waals surface area contributed by atoms with Crippen LogP contribution in [0.5, 0.6) is 0 Å². The molecule has 0 unspecified atom stereocenters. The first-order chi connectivity index (χ1) is 8.79. The average Bonchev–Trinajstić information content (AvgIpc) is 2.44. The minimum absolute atomic E-state index is 0. The average molecular weight is 258 g/mol. The molecule has 0 radical (unpaired) electrons. The van der Waals surface area contributed by atoms with E-state index in [1.165, 1.54) is 22.3 Å². The van der Waals surface area contributed by atoms with Crippen LogP contribution in [0.15, 0.2) is 48.5 Å². The van der Waals surface area contributed by atoms with Gasteiger partial charge in [0.15, 0.2) is 0 Å². The van der Waals surface area contributed by atoms with Gasteiger partial charge < -0.3 is 0 Å². The van der Waals surface area contributed by atoms with Gasteiger partial charge in [-0.05, 0) is 36.1 Å². The standard InChI is InChI=1S/C14H14.2C2H6.CH4/c1-11-7-6-8-12(2)14(11)13-9-4-3-5-10-13;2*1-2;/h3-10H,1-2H3;2*1-2H3;1H4. The highest BCUT2D eigenvalue weighted by Gasteiger charge is 2.03. The third-order valence-corrected chi connectivity index (χ3v) is 2.54. The Balaban J connectivity index is 0. The summed E-state index contributed by atoms with van der Waals surface area (Å²) in [5.41, 5.74) is 5.36. The number of rotatable bonds is 1. The van der Waals surface area contributed by atoms with E-state index in [0.29, 0.717) is 0 Å². The lowest BCUT2D eigenvalue weighted by Gasteiger charge is -2.09. The monoisotopic (exact) mass is 258 g/mol. The van der Waals surface area contributed by atoms with E-state index in [-0.39, 0.29) is 7.43 Å². The van der Waals surface area contributed by atoms with E-state index in [1.807, 2.05) is 27.7 Å². The van der Waals surface area contributed by atoms with Crippen LogP contribution in [-0.4, -0.2) is 0 Å². The van der Waals surface area contributed by atoms with Crippen LogP contribution in [0.3, 0.4) is 0 Å². The van der Waals surface area contributed by atoms with Gasteiger partial charge >= 0.3 is 0 Å². The van der Waals surface area contributed by atoms with Crippen molar-refractivity contribution in [3.05, 3.63) is 59.7 Å². The van der Waals surface area contributed by atoms with Crippen molar-refractivity contribution in [2.24, 2.45) is 0 Å². The molecule has 0 nitrogen and oxygen atoms in total. The van der Waals surface area contributed by atoms with Crippen LogP contribution >= 0.6 is 0 Å². The van der Waals surface area contributed by atoms with Gasteiger partial charge in [0, 0.05) is 0 Å². The lowest BCUT2D eigenvalue weighted by Crippen LogP contribution is -1.86. The van der Waals surface area contributed by atoms with Crippen LogP contribution in [-0.2, 0) is 0 Å². The Morgan fingerprint density at radius 1 is 0.579 bits per heavy atom. The minimum atomic E-state index is 0. The summed E-state index contributed by atoms with van der Waals surface area (Å²) < 4.78 is 0. The maximum absolute atomic E-state index is 2.16. The minimum Gasteiger partial charge on any atom is -0.0776 e. The number of hydrogen-bond donors (Lipinski definition) is 0. The van der Waals surface area contributed by atoms with Crippen molar-refractivity contribution < 1.29 is 0 Å². The lowest BCUT2D eigenvalue weighted by atomic mass is 9.96. The highest BCUT2D eigenvalue weighted by atomic mass is 14.1. The summed E-state index contributed by atoms with van der Waals surface area (Å²) in [6.45, 7) is 12.3. The number of aryl methyl sites for hydroxylation is 2. The molecule has 2 aromatic rings. The van der Waals surface area contributed by atoms with Crippen LogP contribution < -0.4 is 0 Å². The molecule has 0 heteroatoms. The molecule has 0 saturated carbocycles. The van der Waals surface area contributed by atoms with E-state index in [2.05, 4.69) is 62.4 Å². The molecule has 0 fully saturated rings. The van der Waals surface area contributed by atoms with E-state index in [9.17, 15) is 0 Å². The zero-order valence-electron chi connectivity index (χ0n) is 12.6. The Kier molecular flexibility index (Phi) is 12.0. The summed E-state index contributed by atoms with van der Waals surface area (Å²) >= 11 is 0. The predicted molar refractivity (Wildman–Crippen MR) is 90.8 cm³/mol. The number of hydrogen-bond acceptors (Lipinski definition) is 0. The molecule has 0 amide bonds. The Morgan fingerprint density at radius 2 is 1.00 bits per heavy atom. The second kappa shape index (κ2) is 11.5. The van der Waals surface area contributed by atoms with Crippen molar-refractivity contribution >= 4 is 0 Å². The summed E-state index contributed by atoms with van der Waals surface area (Å²) in [5, 5.41) is 0. The molecular weight excluding hydrogens is 228 g/mol. The Morgan fingerprint density at radius 3 is 1.42 bits per heavy atom. The van der Waals surface area contributed by atoms with Gasteiger partial charge in [0.1, 0.15) is 0 Å². The molecule has 0 spiro atoms. The van der Waals surface area contributed by atoms with Gasteiger partial charge in [-0.15, -0.1) is 0 Å². The highest BCUT2D eigenvalue weighted by molar-refractivity contribution is 5.70. The summed E-state index contributed by atoms with van der Waals surface area (Å²) in [6, 6.07) is 17.0. The molecular formula is C19H30. The van der Waals surface area contributed by atoms with Crippen LogP contribution in [0.1, 0.15) is 46.2 Å². The van der Waals surface area contributed by atoms with Gasteiger partial charge in [0.25, 0.3) is 0 Å². The molecule has 0 aliphatic rings. The molecule has 0 aliphatic carbocycles. The first-order valence-electron chi connectivity index (χ1n) is 6.90. The molecule has 0 aliphatic heterocycles. The first-order valence-corrected chi connectivity index (χ1v) is 6.90. The molecule has 0 aromatic heterocycles. The predicted octanol–water partition coefficient (Wildman–Crippen LogP) is 6.66. The number of benzene rings is 2. The van der Waals surface area contributed by atoms with Crippen molar-refractivity contribution in [1.82, 2.24) is 0 Å². The molecule has 0 atom stereocenters. The van der Waals surface area contributed by atoms with E-state index >= 15 is 0 Å². The van der Waals surface area contributed by atoms with Crippen molar-refractivity contribution in [3.8, 4) is 11.1 Å². The fraction of sp³-hybridized carbons (Fsp3) is 0.368. The van der Waals surface area contributed by atoms with E-state index in [1.54, 1.807) is 0 Å². The van der Waals surface area contributed by atoms with Gasteiger partial charge in [0.2, 0.25) is 0 Å². The fourth-order valence-electron chi connectivity index (χ4n) is 1.87. The lowest BCUT2D eigenvalue weighted by molar-refractivity contribution is 1.38. The SMILES string of the molecule is C.CC.CC.Cc1cccc(C)c1-c1ccccc1. The second-order valence-corrected chi connectivity index (χ2v) is 3.63. The molecule has 19 heavy (non-hydrogen) atoms. The molecule has 0 bridgehead atoms. The van der Waals surface area contributed by atoms with Crippen molar-refractivity contribution in [2.75, 3.05) is 0 Å². The maximum atomic E-state index is 2.16. The van der Waals surface area contributed by atoms with Crippen LogP contribution in [0.2, 0.25) is 0 Å². The van der Waals surface area contributed by atoms with Gasteiger partial charge in [0.05, 0.1) is 0 Å². The third kappa shape index (κ3) is 5.74. The largest absolute Gasteiger partial charge is 0.0776 e. The van der Waals surface area contributed by atoms with E-state index in [0.717, 1.165) is 0 Å². The first kappa shape index (κ1) is 19.8. The van der Waals surface area contributed by atoms with Crippen molar-refractivity contribution in [3.63, 3.8) is 0 Å². The molecule has 2 aromatic carbocycles. The smallest absolute Gasteiger partial charge is 0.0125 e. The molecule has 0 N–H and O–H groups in total. The van der Waals surface area contributed by atoms with E-state index < -0.39 is 0 Å². The van der Waals surface area contributed by atoms with Crippen LogP contribution in [0, 0.1) is 13.8 Å². The van der Waals surface area contributed by atoms with Crippen LogP contribution in [0.4, 0.5) is 0 Å². The highest BCUT2D eigenvalue weighted by Crippen LogP contribution is 2.26. The summed E-state index contributed by atoms with van der Waals surface area (Å²) in [5.74, 6) is 0. The maximum Gasteiger partial charge on any atom is -0.0125 e. The zero-order valence-corrected chi connectivity index (χ0v) is 12.6. The Hall–Kier alpha value is -1.56. The molecule has 0 heterocycles. The molecule has 2 rings (SSSR count). The topological polar surface area (TPSA) is 0 Å². The van der Waals surface area contributed by atoms with Crippen molar-refractivity contribution in [1.29, 1.82) is 0 Å².